The molecular weight excluding hydrogens is 246 g/mol. The van der Waals surface area contributed by atoms with Crippen molar-refractivity contribution in [3.8, 4) is 0 Å². The number of ether oxygens (including phenoxy) is 1. The third-order valence-electron chi connectivity index (χ3n) is 3.26. The largest absolute Gasteiger partial charge is 0.479 e. The van der Waals surface area contributed by atoms with E-state index in [0.717, 1.165) is 5.56 Å². The van der Waals surface area contributed by atoms with Gasteiger partial charge in [-0.25, -0.2) is 9.59 Å². The van der Waals surface area contributed by atoms with Crippen LogP contribution in [0.15, 0.2) is 36.9 Å². The number of aryl methyl sites for hydroxylation is 1. The van der Waals surface area contributed by atoms with Crippen LogP contribution in [0.4, 0.5) is 4.79 Å². The zero-order chi connectivity index (χ0) is 13.9. The van der Waals surface area contributed by atoms with E-state index in [1.807, 2.05) is 12.1 Å². The van der Waals surface area contributed by atoms with Crippen molar-refractivity contribution in [2.45, 2.75) is 18.4 Å². The molecule has 0 heterocycles. The Hall–Kier alpha value is -2.30. The van der Waals surface area contributed by atoms with E-state index >= 15 is 0 Å². The van der Waals surface area contributed by atoms with Crippen LogP contribution in [-0.2, 0) is 21.5 Å². The molecule has 0 unspecified atom stereocenters. The maximum atomic E-state index is 11.6. The van der Waals surface area contributed by atoms with Crippen LogP contribution in [0.2, 0.25) is 0 Å². The third-order valence-corrected chi connectivity index (χ3v) is 3.26. The number of carbonyl (C=O) groups is 2. The number of nitrogens with one attached hydrogen (secondary N) is 1. The lowest BCUT2D eigenvalue weighted by molar-refractivity contribution is -0.145. The predicted octanol–water partition coefficient (Wildman–Crippen LogP) is 1.82. The third kappa shape index (κ3) is 2.31. The molecule has 19 heavy (non-hydrogen) atoms. The van der Waals surface area contributed by atoms with Gasteiger partial charge >= 0.3 is 12.1 Å². The number of fused-ring (bicyclic) bond motifs is 1. The summed E-state index contributed by atoms with van der Waals surface area (Å²) in [7, 11) is 0. The van der Waals surface area contributed by atoms with Gasteiger partial charge in [-0.1, -0.05) is 36.9 Å². The summed E-state index contributed by atoms with van der Waals surface area (Å²) in [6, 6.07) is 7.21. The van der Waals surface area contributed by atoms with Crippen molar-refractivity contribution < 1.29 is 19.4 Å². The van der Waals surface area contributed by atoms with Crippen molar-refractivity contribution in [1.82, 2.24) is 5.32 Å². The monoisotopic (exact) mass is 261 g/mol. The van der Waals surface area contributed by atoms with Crippen LogP contribution in [0.3, 0.4) is 0 Å². The Morgan fingerprint density at radius 1 is 1.47 bits per heavy atom. The van der Waals surface area contributed by atoms with E-state index in [9.17, 15) is 14.7 Å². The average molecular weight is 261 g/mol. The fourth-order valence-corrected chi connectivity index (χ4v) is 2.36. The quantitative estimate of drug-likeness (QED) is 0.811. The molecule has 1 aromatic rings. The summed E-state index contributed by atoms with van der Waals surface area (Å²) in [6.07, 6.45) is 1.61. The zero-order valence-corrected chi connectivity index (χ0v) is 10.4. The molecule has 0 saturated carbocycles. The second-order valence-electron chi connectivity index (χ2n) is 4.38. The number of carboxylic acid groups (broad SMARTS) is 1. The molecule has 1 atom stereocenters. The first-order chi connectivity index (χ1) is 9.10. The maximum Gasteiger partial charge on any atom is 0.408 e. The summed E-state index contributed by atoms with van der Waals surface area (Å²) < 4.78 is 4.81. The van der Waals surface area contributed by atoms with Gasteiger partial charge in [0.15, 0.2) is 5.54 Å². The average Bonchev–Trinajstić information content (AvgIpc) is 2.77. The molecular formula is C14H15NO4. The number of hydrogen-bond donors (Lipinski definition) is 2. The van der Waals surface area contributed by atoms with Gasteiger partial charge in [-0.3, -0.25) is 0 Å². The standard InChI is InChI=1S/C14H15NO4/c1-2-9-19-13(18)15-14(12(16)17)8-7-10-5-3-4-6-11(10)14/h2-6H,1,7-9H2,(H,15,18)(H,16,17)/t14-/m1/s1. The molecule has 0 aromatic heterocycles. The highest BCUT2D eigenvalue weighted by Crippen LogP contribution is 2.37. The topological polar surface area (TPSA) is 75.6 Å². The molecule has 1 aliphatic carbocycles. The minimum atomic E-state index is -1.39. The van der Waals surface area contributed by atoms with Crippen molar-refractivity contribution in [2.24, 2.45) is 0 Å². The molecule has 0 spiro atoms. The van der Waals surface area contributed by atoms with Gasteiger partial charge in [0.05, 0.1) is 0 Å². The highest BCUT2D eigenvalue weighted by molar-refractivity contribution is 5.87. The van der Waals surface area contributed by atoms with Crippen molar-refractivity contribution in [3.05, 3.63) is 48.0 Å². The Morgan fingerprint density at radius 2 is 2.21 bits per heavy atom. The lowest BCUT2D eigenvalue weighted by Crippen LogP contribution is -2.50. The molecule has 2 N–H and O–H groups in total. The van der Waals surface area contributed by atoms with Crippen molar-refractivity contribution in [2.75, 3.05) is 6.61 Å². The van der Waals surface area contributed by atoms with Gasteiger partial charge in [-0.15, -0.1) is 0 Å². The van der Waals surface area contributed by atoms with Crippen LogP contribution in [0.25, 0.3) is 0 Å². The first kappa shape index (κ1) is 13.1. The van der Waals surface area contributed by atoms with Gasteiger partial charge in [0.25, 0.3) is 0 Å². The second kappa shape index (κ2) is 5.14. The first-order valence-electron chi connectivity index (χ1n) is 5.98. The molecule has 2 rings (SSSR count). The van der Waals surface area contributed by atoms with Gasteiger partial charge in [0.2, 0.25) is 0 Å². The maximum absolute atomic E-state index is 11.6. The summed E-state index contributed by atoms with van der Waals surface area (Å²) in [5.74, 6) is -1.08. The minimum Gasteiger partial charge on any atom is -0.479 e. The van der Waals surface area contributed by atoms with E-state index in [-0.39, 0.29) is 6.61 Å². The molecule has 1 aromatic carbocycles. The molecule has 0 aliphatic heterocycles. The van der Waals surface area contributed by atoms with E-state index in [2.05, 4.69) is 11.9 Å². The van der Waals surface area contributed by atoms with Crippen LogP contribution in [-0.4, -0.2) is 23.8 Å². The molecule has 100 valence electrons. The molecule has 1 amide bonds. The van der Waals surface area contributed by atoms with E-state index in [1.165, 1.54) is 6.08 Å². The SMILES string of the molecule is C=CCOC(=O)N[C@]1(C(=O)O)CCc2ccccc21. The molecule has 5 heteroatoms. The molecule has 0 bridgehead atoms. The highest BCUT2D eigenvalue weighted by Gasteiger charge is 2.47. The lowest BCUT2D eigenvalue weighted by Gasteiger charge is -2.26. The van der Waals surface area contributed by atoms with Crippen LogP contribution in [0, 0.1) is 0 Å². The van der Waals surface area contributed by atoms with E-state index < -0.39 is 17.6 Å². The number of aliphatic carboxylic acids is 1. The van der Waals surface area contributed by atoms with Crippen LogP contribution in [0.1, 0.15) is 17.5 Å². The zero-order valence-electron chi connectivity index (χ0n) is 10.4. The summed E-state index contributed by atoms with van der Waals surface area (Å²) in [5.41, 5.74) is 0.168. The van der Waals surface area contributed by atoms with Crippen LogP contribution < -0.4 is 5.32 Å². The van der Waals surface area contributed by atoms with Crippen molar-refractivity contribution >= 4 is 12.1 Å². The number of amides is 1. The molecule has 0 saturated heterocycles. The normalized spacial score (nSPS) is 20.4. The minimum absolute atomic E-state index is 0.0448. The van der Waals surface area contributed by atoms with Crippen molar-refractivity contribution in [1.29, 1.82) is 0 Å². The number of alkyl carbamates (subject to hydrolysis) is 1. The Bertz CT molecular complexity index is 526. The molecule has 0 fully saturated rings. The number of carbonyl (C=O) groups excluding carboxylic acids is 1. The van der Waals surface area contributed by atoms with Crippen LogP contribution in [0.5, 0.6) is 0 Å². The Balaban J connectivity index is 2.28. The van der Waals surface area contributed by atoms with Gasteiger partial charge in [0, 0.05) is 0 Å². The van der Waals surface area contributed by atoms with Gasteiger partial charge < -0.3 is 15.2 Å². The smallest absolute Gasteiger partial charge is 0.408 e. The highest BCUT2D eigenvalue weighted by atomic mass is 16.5. The van der Waals surface area contributed by atoms with Gasteiger partial charge in [-0.2, -0.15) is 0 Å². The summed E-state index contributed by atoms with van der Waals surface area (Å²) in [4.78, 5) is 23.2. The molecule has 1 aliphatic rings. The van der Waals surface area contributed by atoms with Gasteiger partial charge in [-0.05, 0) is 24.0 Å². The second-order valence-corrected chi connectivity index (χ2v) is 4.38. The van der Waals surface area contributed by atoms with E-state index in [1.54, 1.807) is 12.1 Å². The lowest BCUT2D eigenvalue weighted by atomic mass is 9.92. The number of carboxylic acids is 1. The van der Waals surface area contributed by atoms with Crippen LogP contribution >= 0.6 is 0 Å². The number of hydrogen-bond acceptors (Lipinski definition) is 3. The molecule has 5 nitrogen and oxygen atoms in total. The Kier molecular flexibility index (Phi) is 3.55. The molecule has 0 radical (unpaired) electrons. The summed E-state index contributed by atoms with van der Waals surface area (Å²) >= 11 is 0. The first-order valence-corrected chi connectivity index (χ1v) is 5.98. The summed E-state index contributed by atoms with van der Waals surface area (Å²) in [6.45, 7) is 3.48. The predicted molar refractivity (Wildman–Crippen MR) is 68.8 cm³/mol. The number of rotatable bonds is 4. The van der Waals surface area contributed by atoms with Crippen molar-refractivity contribution in [3.63, 3.8) is 0 Å². The van der Waals surface area contributed by atoms with E-state index in [4.69, 9.17) is 4.74 Å². The number of benzene rings is 1. The van der Waals surface area contributed by atoms with Gasteiger partial charge in [0.1, 0.15) is 6.61 Å². The van der Waals surface area contributed by atoms with E-state index in [0.29, 0.717) is 18.4 Å². The Labute approximate surface area is 110 Å². The fourth-order valence-electron chi connectivity index (χ4n) is 2.36. The Morgan fingerprint density at radius 3 is 2.89 bits per heavy atom. The fraction of sp³-hybridized carbons (Fsp3) is 0.286. The summed E-state index contributed by atoms with van der Waals surface area (Å²) in [5, 5.41) is 12.0.